The van der Waals surface area contributed by atoms with Gasteiger partial charge in [0.2, 0.25) is 0 Å². The van der Waals surface area contributed by atoms with E-state index in [9.17, 15) is 28.0 Å². The minimum atomic E-state index is -4.57. The highest BCUT2D eigenvalue weighted by Crippen LogP contribution is 2.37. The van der Waals surface area contributed by atoms with Gasteiger partial charge in [-0.15, -0.1) is 0 Å². The van der Waals surface area contributed by atoms with Gasteiger partial charge in [0.1, 0.15) is 17.4 Å². The maximum Gasteiger partial charge on any atom is 0.416 e. The van der Waals surface area contributed by atoms with Crippen LogP contribution in [-0.2, 0) is 11.0 Å². The largest absolute Gasteiger partial charge is 0.422 e. The van der Waals surface area contributed by atoms with Crippen molar-refractivity contribution >= 4 is 33.7 Å². The minimum Gasteiger partial charge on any atom is -0.422 e. The summed E-state index contributed by atoms with van der Waals surface area (Å²) in [7, 11) is 0. The molecule has 0 spiro atoms. The van der Waals surface area contributed by atoms with Crippen molar-refractivity contribution in [2.24, 2.45) is 0 Å². The van der Waals surface area contributed by atoms with E-state index in [1.165, 1.54) is 30.3 Å². The Morgan fingerprint density at radius 3 is 2.52 bits per heavy atom. The molecular formula is C24H12F3NO4S. The van der Waals surface area contributed by atoms with E-state index in [4.69, 9.17) is 9.15 Å². The van der Waals surface area contributed by atoms with Gasteiger partial charge in [0.25, 0.3) is 0 Å². The van der Waals surface area contributed by atoms with Crippen molar-refractivity contribution in [3.8, 4) is 22.9 Å². The summed E-state index contributed by atoms with van der Waals surface area (Å²) < 4.78 is 50.3. The Labute approximate surface area is 188 Å². The normalized spacial score (nSPS) is 11.9. The van der Waals surface area contributed by atoms with Crippen LogP contribution < -0.4 is 9.68 Å². The van der Waals surface area contributed by atoms with Crippen molar-refractivity contribution in [2.75, 3.05) is 0 Å². The summed E-state index contributed by atoms with van der Waals surface area (Å²) in [6.45, 7) is 0. The molecule has 0 amide bonds. The average Bonchev–Trinajstić information content (AvgIpc) is 3.17. The van der Waals surface area contributed by atoms with Crippen LogP contribution in [0.2, 0.25) is 0 Å². The van der Waals surface area contributed by atoms with E-state index in [0.717, 1.165) is 12.1 Å². The SMILES string of the molecule is N#CC(=Cc1ccccc1)C(=O)Oc1cc(-c2cccc(C(F)(F)F)c2)c2oc(=O)sc2c1. The second-order valence-electron chi connectivity index (χ2n) is 6.80. The Morgan fingerprint density at radius 1 is 1.06 bits per heavy atom. The van der Waals surface area contributed by atoms with Gasteiger partial charge in [-0.25, -0.2) is 9.59 Å². The van der Waals surface area contributed by atoms with E-state index in [-0.39, 0.29) is 32.7 Å². The Bertz CT molecular complexity index is 1480. The molecule has 0 radical (unpaired) electrons. The first-order valence-electron chi connectivity index (χ1n) is 9.39. The molecule has 9 heteroatoms. The van der Waals surface area contributed by atoms with Gasteiger partial charge < -0.3 is 9.15 Å². The molecular weight excluding hydrogens is 455 g/mol. The van der Waals surface area contributed by atoms with Crippen LogP contribution in [0.1, 0.15) is 11.1 Å². The highest BCUT2D eigenvalue weighted by molar-refractivity contribution is 7.16. The van der Waals surface area contributed by atoms with E-state index in [2.05, 4.69) is 0 Å². The maximum atomic E-state index is 13.2. The van der Waals surface area contributed by atoms with Crippen LogP contribution in [0.3, 0.4) is 0 Å². The van der Waals surface area contributed by atoms with Gasteiger partial charge >= 0.3 is 17.1 Å². The van der Waals surface area contributed by atoms with Crippen LogP contribution in [0, 0.1) is 11.3 Å². The molecule has 164 valence electrons. The monoisotopic (exact) mass is 467 g/mol. The summed E-state index contributed by atoms with van der Waals surface area (Å²) in [5, 5.41) is 9.37. The lowest BCUT2D eigenvalue weighted by Gasteiger charge is -2.10. The fraction of sp³-hybridized carbons (Fsp3) is 0.0417. The molecule has 4 aromatic rings. The Hall–Kier alpha value is -4.16. The molecule has 0 atom stereocenters. The molecule has 0 aliphatic rings. The molecule has 4 rings (SSSR count). The van der Waals surface area contributed by atoms with Gasteiger partial charge in [0.15, 0.2) is 5.58 Å². The maximum absolute atomic E-state index is 13.2. The first-order valence-corrected chi connectivity index (χ1v) is 10.2. The minimum absolute atomic E-state index is 0.0498. The number of nitrogens with zero attached hydrogens (tertiary/aromatic N) is 1. The number of hydrogen-bond acceptors (Lipinski definition) is 6. The van der Waals surface area contributed by atoms with Crippen molar-refractivity contribution in [2.45, 2.75) is 6.18 Å². The van der Waals surface area contributed by atoms with Crippen molar-refractivity contribution in [3.63, 3.8) is 0 Å². The predicted molar refractivity (Wildman–Crippen MR) is 116 cm³/mol. The van der Waals surface area contributed by atoms with Gasteiger partial charge in [-0.1, -0.05) is 53.8 Å². The van der Waals surface area contributed by atoms with Crippen LogP contribution >= 0.6 is 11.3 Å². The van der Waals surface area contributed by atoms with Crippen LogP contribution in [0.5, 0.6) is 5.75 Å². The molecule has 33 heavy (non-hydrogen) atoms. The molecule has 0 bridgehead atoms. The van der Waals surface area contributed by atoms with E-state index >= 15 is 0 Å². The molecule has 0 aliphatic carbocycles. The Morgan fingerprint density at radius 2 is 1.82 bits per heavy atom. The van der Waals surface area contributed by atoms with E-state index in [1.54, 1.807) is 36.4 Å². The van der Waals surface area contributed by atoms with Gasteiger partial charge in [0, 0.05) is 11.6 Å². The number of ether oxygens (including phenoxy) is 1. The van der Waals surface area contributed by atoms with Gasteiger partial charge in [-0.2, -0.15) is 18.4 Å². The van der Waals surface area contributed by atoms with Crippen molar-refractivity contribution in [3.05, 3.63) is 93.2 Å². The fourth-order valence-electron chi connectivity index (χ4n) is 3.10. The molecule has 0 fully saturated rings. The summed E-state index contributed by atoms with van der Waals surface area (Å²) in [5.74, 6) is -1.00. The van der Waals surface area contributed by atoms with E-state index < -0.39 is 22.6 Å². The lowest BCUT2D eigenvalue weighted by molar-refractivity contribution is -0.137. The number of fused-ring (bicyclic) bond motifs is 1. The number of hydrogen-bond donors (Lipinski definition) is 0. The number of halogens is 3. The highest BCUT2D eigenvalue weighted by Gasteiger charge is 2.30. The first kappa shape index (κ1) is 22.0. The third-order valence-electron chi connectivity index (χ3n) is 4.57. The molecule has 1 aromatic heterocycles. The molecule has 0 N–H and O–H groups in total. The lowest BCUT2D eigenvalue weighted by atomic mass is 10.0. The van der Waals surface area contributed by atoms with Gasteiger partial charge in [0.05, 0.1) is 10.3 Å². The zero-order valence-electron chi connectivity index (χ0n) is 16.6. The molecule has 0 saturated carbocycles. The second kappa shape index (κ2) is 8.76. The van der Waals surface area contributed by atoms with Crippen LogP contribution in [0.15, 0.2) is 81.5 Å². The number of carbonyl (C=O) groups excluding carboxylic acids is 1. The number of alkyl halides is 3. The first-order chi connectivity index (χ1) is 15.7. The van der Waals surface area contributed by atoms with Crippen LogP contribution in [0.4, 0.5) is 13.2 Å². The molecule has 1 heterocycles. The molecule has 5 nitrogen and oxygen atoms in total. The fourth-order valence-corrected chi connectivity index (χ4v) is 3.83. The second-order valence-corrected chi connectivity index (χ2v) is 7.78. The number of benzene rings is 3. The third kappa shape index (κ3) is 4.86. The molecule has 0 saturated heterocycles. The zero-order valence-corrected chi connectivity index (χ0v) is 17.4. The molecule has 3 aromatic carbocycles. The Kier molecular flexibility index (Phi) is 5.85. The van der Waals surface area contributed by atoms with Gasteiger partial charge in [-0.3, -0.25) is 0 Å². The number of nitriles is 1. The number of carbonyl (C=O) groups is 1. The predicted octanol–water partition coefficient (Wildman–Crippen LogP) is 6.05. The zero-order chi connectivity index (χ0) is 23.6. The van der Waals surface area contributed by atoms with E-state index in [1.807, 2.05) is 0 Å². The quantitative estimate of drug-likeness (QED) is 0.158. The average molecular weight is 467 g/mol. The van der Waals surface area contributed by atoms with E-state index in [0.29, 0.717) is 16.9 Å². The smallest absolute Gasteiger partial charge is 0.416 e. The number of rotatable bonds is 4. The molecule has 0 aliphatic heterocycles. The van der Waals surface area contributed by atoms with Crippen molar-refractivity contribution in [1.82, 2.24) is 0 Å². The summed E-state index contributed by atoms with van der Waals surface area (Å²) >= 11 is 0.713. The highest BCUT2D eigenvalue weighted by atomic mass is 32.1. The molecule has 0 unspecified atom stereocenters. The summed E-state index contributed by atoms with van der Waals surface area (Å²) in [6.07, 6.45) is -3.22. The Balaban J connectivity index is 1.76. The lowest BCUT2D eigenvalue weighted by Crippen LogP contribution is -2.10. The standard InChI is InChI=1S/C24H12F3NO4S/c25-24(26,27)17-8-4-7-15(10-17)19-11-18(12-20-21(19)32-23(30)33-20)31-22(29)16(13-28)9-14-5-2-1-3-6-14/h1-12H. The third-order valence-corrected chi connectivity index (χ3v) is 5.34. The number of esters is 1. The summed E-state index contributed by atoms with van der Waals surface area (Å²) in [6, 6.07) is 17.6. The topological polar surface area (TPSA) is 80.3 Å². The van der Waals surface area contributed by atoms with Crippen LogP contribution in [-0.4, -0.2) is 5.97 Å². The summed E-state index contributed by atoms with van der Waals surface area (Å²) in [5.41, 5.74) is -0.212. The van der Waals surface area contributed by atoms with Gasteiger partial charge in [-0.05, 0) is 35.4 Å². The van der Waals surface area contributed by atoms with Crippen molar-refractivity contribution in [1.29, 1.82) is 5.26 Å². The summed E-state index contributed by atoms with van der Waals surface area (Å²) in [4.78, 5) is 23.7. The van der Waals surface area contributed by atoms with Crippen LogP contribution in [0.25, 0.3) is 27.5 Å². The van der Waals surface area contributed by atoms with Crippen molar-refractivity contribution < 1.29 is 27.1 Å².